The Labute approximate surface area is 125 Å². The first-order valence-electron chi connectivity index (χ1n) is 7.00. The van der Waals surface area contributed by atoms with E-state index in [2.05, 4.69) is 24.5 Å². The Balaban J connectivity index is 2.55. The lowest BCUT2D eigenvalue weighted by Crippen LogP contribution is -2.04. The smallest absolute Gasteiger partial charge is 0.131 e. The summed E-state index contributed by atoms with van der Waals surface area (Å²) < 4.78 is 16.1. The molecule has 2 rings (SSSR count). The van der Waals surface area contributed by atoms with Crippen LogP contribution < -0.4 is 0 Å². The number of nitrogens with zero attached hydrogens (tertiary/aromatic N) is 2. The van der Waals surface area contributed by atoms with Gasteiger partial charge in [-0.3, -0.25) is 0 Å². The minimum atomic E-state index is -0.372. The van der Waals surface area contributed by atoms with Gasteiger partial charge in [0.1, 0.15) is 5.82 Å². The van der Waals surface area contributed by atoms with Gasteiger partial charge in [0, 0.05) is 23.0 Å². The van der Waals surface area contributed by atoms with E-state index in [1.54, 1.807) is 24.3 Å². The molecule has 2 nitrogen and oxygen atoms in total. The first-order valence-corrected chi connectivity index (χ1v) is 7.00. The normalized spacial score (nSPS) is 11.8. The number of nitriles is 1. The molecule has 0 aliphatic rings. The predicted molar refractivity (Wildman–Crippen MR) is 84.2 cm³/mol. The molecule has 0 saturated heterocycles. The molecule has 0 aliphatic heterocycles. The first kappa shape index (κ1) is 15.1. The summed E-state index contributed by atoms with van der Waals surface area (Å²) in [5, 5.41) is 9.35. The molecule has 3 heteroatoms. The maximum atomic E-state index is 13.8. The highest BCUT2D eigenvalue weighted by Crippen LogP contribution is 2.25. The van der Waals surface area contributed by atoms with Crippen LogP contribution in [-0.4, -0.2) is 4.57 Å². The molecule has 0 saturated carbocycles. The number of hydrogen-bond acceptors (Lipinski definition) is 1. The predicted octanol–water partition coefficient (Wildman–Crippen LogP) is 4.89. The van der Waals surface area contributed by atoms with E-state index in [0.717, 1.165) is 17.0 Å². The van der Waals surface area contributed by atoms with Crippen LogP contribution in [0.5, 0.6) is 0 Å². The largest absolute Gasteiger partial charge is 0.346 e. The number of hydrogen-bond donors (Lipinski definition) is 0. The molecule has 0 bridgehead atoms. The lowest BCUT2D eigenvalue weighted by atomic mass is 10.0. The fraction of sp³-hybridized carbons (Fsp3) is 0.278. The summed E-state index contributed by atoms with van der Waals surface area (Å²) in [7, 11) is 0. The Kier molecular flexibility index (Phi) is 4.28. The van der Waals surface area contributed by atoms with E-state index in [4.69, 9.17) is 0 Å². The number of allylic oxidation sites excluding steroid dienone is 1. The van der Waals surface area contributed by atoms with Gasteiger partial charge in [0.15, 0.2) is 0 Å². The van der Waals surface area contributed by atoms with Crippen molar-refractivity contribution in [3.63, 3.8) is 0 Å². The topological polar surface area (TPSA) is 28.7 Å². The van der Waals surface area contributed by atoms with Gasteiger partial charge in [-0.05, 0) is 51.5 Å². The Morgan fingerprint density at radius 2 is 1.95 bits per heavy atom. The second kappa shape index (κ2) is 5.97. The van der Waals surface area contributed by atoms with Crippen LogP contribution >= 0.6 is 0 Å². The Morgan fingerprint density at radius 1 is 1.29 bits per heavy atom. The summed E-state index contributed by atoms with van der Waals surface area (Å²) in [6.45, 7) is 8.31. The third kappa shape index (κ3) is 2.90. The first-order chi connectivity index (χ1) is 9.95. The quantitative estimate of drug-likeness (QED) is 0.737. The van der Waals surface area contributed by atoms with Crippen molar-refractivity contribution >= 4 is 11.6 Å². The van der Waals surface area contributed by atoms with Gasteiger partial charge >= 0.3 is 0 Å². The highest BCUT2D eigenvalue weighted by molar-refractivity contribution is 5.90. The monoisotopic (exact) mass is 282 g/mol. The van der Waals surface area contributed by atoms with Crippen molar-refractivity contribution in [3.05, 3.63) is 58.7 Å². The summed E-state index contributed by atoms with van der Waals surface area (Å²) in [6, 6.07) is 10.9. The fourth-order valence-electron chi connectivity index (χ4n) is 2.75. The van der Waals surface area contributed by atoms with E-state index < -0.39 is 0 Å². The average Bonchev–Trinajstić information content (AvgIpc) is 2.71. The second-order valence-corrected chi connectivity index (χ2v) is 5.44. The van der Waals surface area contributed by atoms with Crippen LogP contribution in [0, 0.1) is 31.0 Å². The Bertz CT molecular complexity index is 730. The third-order valence-corrected chi connectivity index (χ3v) is 3.62. The van der Waals surface area contributed by atoms with E-state index in [-0.39, 0.29) is 5.82 Å². The summed E-state index contributed by atoms with van der Waals surface area (Å²) >= 11 is 0. The van der Waals surface area contributed by atoms with Crippen molar-refractivity contribution in [1.29, 1.82) is 5.26 Å². The summed E-state index contributed by atoms with van der Waals surface area (Å²) in [5.41, 5.74) is 3.87. The van der Waals surface area contributed by atoms with Gasteiger partial charge in [0.25, 0.3) is 0 Å². The molecule has 0 fully saturated rings. The van der Waals surface area contributed by atoms with Crippen molar-refractivity contribution in [2.45, 2.75) is 33.7 Å². The number of aromatic nitrogens is 1. The number of benzene rings is 1. The van der Waals surface area contributed by atoms with Crippen LogP contribution in [0.3, 0.4) is 0 Å². The van der Waals surface area contributed by atoms with E-state index in [1.165, 1.54) is 6.07 Å². The molecule has 2 aromatic rings. The van der Waals surface area contributed by atoms with Crippen molar-refractivity contribution in [3.8, 4) is 6.07 Å². The number of halogens is 1. The Morgan fingerprint density at radius 3 is 2.48 bits per heavy atom. The molecule has 1 aromatic heterocycles. The van der Waals surface area contributed by atoms with Crippen LogP contribution in [0.25, 0.3) is 11.6 Å². The van der Waals surface area contributed by atoms with E-state index >= 15 is 0 Å². The van der Waals surface area contributed by atoms with Crippen LogP contribution in [0.1, 0.15) is 42.4 Å². The summed E-state index contributed by atoms with van der Waals surface area (Å²) in [6.07, 6.45) is 1.76. The minimum Gasteiger partial charge on any atom is -0.346 e. The molecule has 0 N–H and O–H groups in total. The molecule has 21 heavy (non-hydrogen) atoms. The van der Waals surface area contributed by atoms with Crippen LogP contribution in [0.15, 0.2) is 30.3 Å². The van der Waals surface area contributed by atoms with Crippen molar-refractivity contribution in [1.82, 2.24) is 4.57 Å². The van der Waals surface area contributed by atoms with E-state index in [1.807, 2.05) is 19.9 Å². The second-order valence-electron chi connectivity index (χ2n) is 5.44. The van der Waals surface area contributed by atoms with Crippen LogP contribution in [0.2, 0.25) is 0 Å². The number of aryl methyl sites for hydroxylation is 1. The van der Waals surface area contributed by atoms with E-state index in [9.17, 15) is 9.65 Å². The molecule has 0 unspecified atom stereocenters. The molecular weight excluding hydrogens is 263 g/mol. The van der Waals surface area contributed by atoms with Gasteiger partial charge in [0.2, 0.25) is 0 Å². The highest BCUT2D eigenvalue weighted by atomic mass is 19.1. The lowest BCUT2D eigenvalue weighted by molar-refractivity contribution is 0.574. The zero-order chi connectivity index (χ0) is 15.6. The van der Waals surface area contributed by atoms with Gasteiger partial charge in [-0.2, -0.15) is 5.26 Å². The van der Waals surface area contributed by atoms with Crippen molar-refractivity contribution in [2.75, 3.05) is 0 Å². The molecule has 108 valence electrons. The maximum Gasteiger partial charge on any atom is 0.131 e. The molecule has 0 spiro atoms. The third-order valence-electron chi connectivity index (χ3n) is 3.62. The van der Waals surface area contributed by atoms with Gasteiger partial charge in [-0.25, -0.2) is 4.39 Å². The standard InChI is InChI=1S/C18H19FN2/c1-12(2)21-13(3)9-15(14(21)4)10-16(11-20)17-7-5-6-8-18(17)19/h5-10,12H,1-4H3/b16-10-. The lowest BCUT2D eigenvalue weighted by Gasteiger charge is -2.13. The molecule has 1 aromatic carbocycles. The van der Waals surface area contributed by atoms with Gasteiger partial charge in [0.05, 0.1) is 11.6 Å². The zero-order valence-electron chi connectivity index (χ0n) is 12.8. The number of rotatable bonds is 3. The molecular formula is C18H19FN2. The highest BCUT2D eigenvalue weighted by Gasteiger charge is 2.12. The van der Waals surface area contributed by atoms with Crippen LogP contribution in [-0.2, 0) is 0 Å². The molecule has 0 aliphatic carbocycles. The van der Waals surface area contributed by atoms with Crippen LogP contribution in [0.4, 0.5) is 4.39 Å². The van der Waals surface area contributed by atoms with E-state index in [0.29, 0.717) is 17.2 Å². The molecule has 1 heterocycles. The molecule has 0 radical (unpaired) electrons. The Hall–Kier alpha value is -2.34. The molecule has 0 amide bonds. The van der Waals surface area contributed by atoms with Gasteiger partial charge < -0.3 is 4.57 Å². The summed E-state index contributed by atoms with van der Waals surface area (Å²) in [5.74, 6) is -0.372. The maximum absolute atomic E-state index is 13.8. The minimum absolute atomic E-state index is 0.342. The van der Waals surface area contributed by atoms with Gasteiger partial charge in [-0.15, -0.1) is 0 Å². The SMILES string of the molecule is Cc1cc(/C=C(/C#N)c2ccccc2F)c(C)n1C(C)C. The van der Waals surface area contributed by atoms with Crippen molar-refractivity contribution < 1.29 is 4.39 Å². The molecule has 0 atom stereocenters. The average molecular weight is 282 g/mol. The summed E-state index contributed by atoms with van der Waals surface area (Å²) in [4.78, 5) is 0. The van der Waals surface area contributed by atoms with Crippen molar-refractivity contribution in [2.24, 2.45) is 0 Å². The zero-order valence-corrected chi connectivity index (χ0v) is 12.8. The van der Waals surface area contributed by atoms with Gasteiger partial charge in [-0.1, -0.05) is 18.2 Å². The fourth-order valence-corrected chi connectivity index (χ4v) is 2.75.